The zero-order valence-electron chi connectivity index (χ0n) is 11.3. The minimum Gasteiger partial charge on any atom is -0.376 e. The van der Waals surface area contributed by atoms with Gasteiger partial charge in [0.05, 0.1) is 11.3 Å². The van der Waals surface area contributed by atoms with Crippen LogP contribution in [0.2, 0.25) is 0 Å². The van der Waals surface area contributed by atoms with Crippen LogP contribution in [-0.2, 0) is 11.2 Å². The van der Waals surface area contributed by atoms with Crippen LogP contribution in [0.1, 0.15) is 31.7 Å². The topological polar surface area (TPSA) is 84.3 Å². The van der Waals surface area contributed by atoms with Gasteiger partial charge in [0.25, 0.3) is 5.69 Å². The Morgan fingerprint density at radius 3 is 3.00 bits per heavy atom. The van der Waals surface area contributed by atoms with Crippen LogP contribution in [0.25, 0.3) is 0 Å². The lowest BCUT2D eigenvalue weighted by atomic mass is 10.1. The molecule has 1 amide bonds. The van der Waals surface area contributed by atoms with Gasteiger partial charge in [0.2, 0.25) is 5.91 Å². The number of hydrogen-bond donors (Lipinski definition) is 2. The van der Waals surface area contributed by atoms with Gasteiger partial charge in [-0.1, -0.05) is 13.3 Å². The van der Waals surface area contributed by atoms with Crippen molar-refractivity contribution < 1.29 is 9.72 Å². The van der Waals surface area contributed by atoms with Crippen LogP contribution in [0.4, 0.5) is 17.1 Å². The molecule has 6 nitrogen and oxygen atoms in total. The van der Waals surface area contributed by atoms with Gasteiger partial charge >= 0.3 is 0 Å². The van der Waals surface area contributed by atoms with Crippen LogP contribution < -0.4 is 10.6 Å². The molecule has 1 aliphatic carbocycles. The predicted molar refractivity (Wildman–Crippen MR) is 75.9 cm³/mol. The van der Waals surface area contributed by atoms with Crippen LogP contribution in [0, 0.1) is 16.0 Å². The average Bonchev–Trinajstić information content (AvgIpc) is 2.98. The van der Waals surface area contributed by atoms with Crippen molar-refractivity contribution in [3.63, 3.8) is 0 Å². The standard InChI is InChI=1S/C14H17N3O3/c1-2-3-8-4-10(8)15-12-7-11-9(6-14(18)16-11)5-13(12)17(19)20/h5,7-8,10,15H,2-4,6H2,1H3,(H,16,18). The van der Waals surface area contributed by atoms with Crippen molar-refractivity contribution in [1.29, 1.82) is 0 Å². The monoisotopic (exact) mass is 275 g/mol. The van der Waals surface area contributed by atoms with E-state index in [0.29, 0.717) is 28.9 Å². The Balaban J connectivity index is 1.84. The number of anilines is 2. The Morgan fingerprint density at radius 2 is 2.30 bits per heavy atom. The van der Waals surface area contributed by atoms with Gasteiger partial charge < -0.3 is 10.6 Å². The highest BCUT2D eigenvalue weighted by Crippen LogP contribution is 2.41. The maximum absolute atomic E-state index is 11.4. The number of rotatable bonds is 5. The number of hydrogen-bond acceptors (Lipinski definition) is 4. The highest BCUT2D eigenvalue weighted by molar-refractivity contribution is 6.00. The Hall–Kier alpha value is -2.11. The van der Waals surface area contributed by atoms with Crippen molar-refractivity contribution in [2.45, 2.75) is 38.6 Å². The molecular weight excluding hydrogens is 258 g/mol. The molecule has 2 aliphatic rings. The van der Waals surface area contributed by atoms with Gasteiger partial charge in [-0.25, -0.2) is 0 Å². The Kier molecular flexibility index (Phi) is 3.08. The number of benzene rings is 1. The van der Waals surface area contributed by atoms with Crippen molar-refractivity contribution in [3.8, 4) is 0 Å². The Bertz CT molecular complexity index is 585. The first-order chi connectivity index (χ1) is 9.58. The quantitative estimate of drug-likeness (QED) is 0.639. The van der Waals surface area contributed by atoms with E-state index in [1.165, 1.54) is 6.07 Å². The number of amides is 1. The third-order valence-electron chi connectivity index (χ3n) is 3.97. The number of carbonyl (C=O) groups is 1. The van der Waals surface area contributed by atoms with Crippen molar-refractivity contribution in [1.82, 2.24) is 0 Å². The van der Waals surface area contributed by atoms with Crippen molar-refractivity contribution in [3.05, 3.63) is 27.8 Å². The maximum Gasteiger partial charge on any atom is 0.292 e. The van der Waals surface area contributed by atoms with E-state index in [4.69, 9.17) is 0 Å². The van der Waals surface area contributed by atoms with Gasteiger partial charge in [-0.3, -0.25) is 14.9 Å². The summed E-state index contributed by atoms with van der Waals surface area (Å²) in [6.45, 7) is 2.14. The fourth-order valence-corrected chi connectivity index (χ4v) is 2.84. The molecule has 2 atom stereocenters. The molecule has 1 heterocycles. The molecule has 1 fully saturated rings. The first-order valence-electron chi connectivity index (χ1n) is 6.96. The van der Waals surface area contributed by atoms with Crippen molar-refractivity contribution in [2.75, 3.05) is 10.6 Å². The molecule has 3 rings (SSSR count). The molecule has 6 heteroatoms. The summed E-state index contributed by atoms with van der Waals surface area (Å²) < 4.78 is 0. The normalized spacial score (nSPS) is 23.1. The van der Waals surface area contributed by atoms with E-state index in [2.05, 4.69) is 17.6 Å². The molecule has 1 aliphatic heterocycles. The highest BCUT2D eigenvalue weighted by Gasteiger charge is 2.37. The fourth-order valence-electron chi connectivity index (χ4n) is 2.84. The molecular formula is C14H17N3O3. The van der Waals surface area contributed by atoms with E-state index in [1.54, 1.807) is 6.07 Å². The number of nitrogens with zero attached hydrogens (tertiary/aromatic N) is 1. The summed E-state index contributed by atoms with van der Waals surface area (Å²) in [6, 6.07) is 3.52. The molecule has 0 saturated heterocycles. The molecule has 0 aromatic heterocycles. The summed E-state index contributed by atoms with van der Waals surface area (Å²) in [5.41, 5.74) is 1.96. The Morgan fingerprint density at radius 1 is 1.50 bits per heavy atom. The summed E-state index contributed by atoms with van der Waals surface area (Å²) in [5, 5.41) is 17.2. The van der Waals surface area contributed by atoms with Crippen LogP contribution in [-0.4, -0.2) is 16.9 Å². The van der Waals surface area contributed by atoms with E-state index in [0.717, 1.165) is 19.3 Å². The smallest absolute Gasteiger partial charge is 0.292 e. The summed E-state index contributed by atoms with van der Waals surface area (Å²) >= 11 is 0. The lowest BCUT2D eigenvalue weighted by Crippen LogP contribution is -2.07. The first-order valence-corrected chi connectivity index (χ1v) is 6.96. The highest BCUT2D eigenvalue weighted by atomic mass is 16.6. The third kappa shape index (κ3) is 2.33. The van der Waals surface area contributed by atoms with Gasteiger partial charge in [-0.15, -0.1) is 0 Å². The summed E-state index contributed by atoms with van der Waals surface area (Å²) in [6.07, 6.45) is 3.56. The zero-order chi connectivity index (χ0) is 14.3. The molecule has 0 bridgehead atoms. The molecule has 2 unspecified atom stereocenters. The number of nitro groups is 1. The lowest BCUT2D eigenvalue weighted by Gasteiger charge is -2.09. The van der Waals surface area contributed by atoms with Gasteiger partial charge in [-0.05, 0) is 30.4 Å². The van der Waals surface area contributed by atoms with Gasteiger partial charge in [0, 0.05) is 17.8 Å². The second kappa shape index (κ2) is 4.77. The molecule has 1 aromatic carbocycles. The number of nitro benzene ring substituents is 1. The number of nitrogens with one attached hydrogen (secondary N) is 2. The average molecular weight is 275 g/mol. The molecule has 2 N–H and O–H groups in total. The second-order valence-corrected chi connectivity index (χ2v) is 5.54. The summed E-state index contributed by atoms with van der Waals surface area (Å²) in [4.78, 5) is 22.1. The van der Waals surface area contributed by atoms with Crippen LogP contribution in [0.15, 0.2) is 12.1 Å². The van der Waals surface area contributed by atoms with Gasteiger partial charge in [0.15, 0.2) is 0 Å². The molecule has 20 heavy (non-hydrogen) atoms. The van der Waals surface area contributed by atoms with Crippen molar-refractivity contribution in [2.24, 2.45) is 5.92 Å². The zero-order valence-corrected chi connectivity index (χ0v) is 11.3. The van der Waals surface area contributed by atoms with Crippen LogP contribution >= 0.6 is 0 Å². The van der Waals surface area contributed by atoms with E-state index in [9.17, 15) is 14.9 Å². The van der Waals surface area contributed by atoms with Crippen LogP contribution in [0.5, 0.6) is 0 Å². The van der Waals surface area contributed by atoms with E-state index < -0.39 is 0 Å². The summed E-state index contributed by atoms with van der Waals surface area (Å²) in [7, 11) is 0. The first kappa shape index (κ1) is 12.9. The summed E-state index contributed by atoms with van der Waals surface area (Å²) in [5.74, 6) is 0.504. The molecule has 1 saturated carbocycles. The molecule has 106 valence electrons. The molecule has 0 spiro atoms. The number of fused-ring (bicyclic) bond motifs is 1. The minimum absolute atomic E-state index is 0.0578. The second-order valence-electron chi connectivity index (χ2n) is 5.54. The van der Waals surface area contributed by atoms with E-state index >= 15 is 0 Å². The predicted octanol–water partition coefficient (Wildman–Crippen LogP) is 2.69. The molecule has 0 radical (unpaired) electrons. The largest absolute Gasteiger partial charge is 0.376 e. The molecule has 1 aromatic rings. The van der Waals surface area contributed by atoms with Crippen LogP contribution in [0.3, 0.4) is 0 Å². The van der Waals surface area contributed by atoms with Crippen molar-refractivity contribution >= 4 is 23.0 Å². The van der Waals surface area contributed by atoms with E-state index in [-0.39, 0.29) is 22.9 Å². The fraction of sp³-hybridized carbons (Fsp3) is 0.500. The third-order valence-corrected chi connectivity index (χ3v) is 3.97. The minimum atomic E-state index is -0.386. The Labute approximate surface area is 116 Å². The van der Waals surface area contributed by atoms with Gasteiger partial charge in [0.1, 0.15) is 5.69 Å². The maximum atomic E-state index is 11.4. The number of carbonyl (C=O) groups excluding carboxylic acids is 1. The lowest BCUT2D eigenvalue weighted by molar-refractivity contribution is -0.384. The van der Waals surface area contributed by atoms with E-state index in [1.807, 2.05) is 0 Å². The SMILES string of the molecule is CCCC1CC1Nc1cc2c(cc1[N+](=O)[O-])CC(=O)N2. The van der Waals surface area contributed by atoms with Gasteiger partial charge in [-0.2, -0.15) is 0 Å².